The first kappa shape index (κ1) is 19.3. The summed E-state index contributed by atoms with van der Waals surface area (Å²) in [6.45, 7) is 4.46. The van der Waals surface area contributed by atoms with Crippen LogP contribution in [0.4, 0.5) is 0 Å². The van der Waals surface area contributed by atoms with Crippen LogP contribution in [-0.2, 0) is 17.9 Å². The maximum Gasteiger partial charge on any atom is 0.291 e. The fraction of sp³-hybridized carbons (Fsp3) is 0.286. The van der Waals surface area contributed by atoms with Crippen LogP contribution in [-0.4, -0.2) is 20.1 Å². The van der Waals surface area contributed by atoms with Crippen LogP contribution < -0.4 is 10.9 Å². The standard InChI is InChI=1S/C21H21ClN4O3/c1-13-10-17-19(29-13)11-18-21(28)25(24-14(2)26(17)18)9-5-8-20(27)23-12-15-6-3-4-7-16(15)22/h3-4,6-7,10-11H,5,8-9,12H2,1-2H3,(H,23,27). The number of hydrogen-bond donors (Lipinski definition) is 1. The van der Waals surface area contributed by atoms with Crippen LogP contribution in [0.2, 0.25) is 5.02 Å². The summed E-state index contributed by atoms with van der Waals surface area (Å²) in [6.07, 6.45) is 0.804. The van der Waals surface area contributed by atoms with E-state index in [1.807, 2.05) is 38.1 Å². The lowest BCUT2D eigenvalue weighted by atomic mass is 10.2. The van der Waals surface area contributed by atoms with Gasteiger partial charge in [-0.15, -0.1) is 0 Å². The number of aromatic nitrogens is 3. The zero-order chi connectivity index (χ0) is 20.5. The largest absolute Gasteiger partial charge is 0.460 e. The third kappa shape index (κ3) is 3.78. The van der Waals surface area contributed by atoms with Gasteiger partial charge in [0.15, 0.2) is 5.58 Å². The number of furan rings is 1. The van der Waals surface area contributed by atoms with E-state index in [1.165, 1.54) is 4.68 Å². The van der Waals surface area contributed by atoms with Gasteiger partial charge in [-0.1, -0.05) is 29.8 Å². The summed E-state index contributed by atoms with van der Waals surface area (Å²) in [5, 5.41) is 7.89. The second kappa shape index (κ2) is 7.75. The number of halogens is 1. The van der Waals surface area contributed by atoms with Crippen molar-refractivity contribution >= 4 is 34.1 Å². The third-order valence-corrected chi connectivity index (χ3v) is 5.23. The van der Waals surface area contributed by atoms with E-state index in [9.17, 15) is 9.59 Å². The Morgan fingerprint density at radius 1 is 1.21 bits per heavy atom. The van der Waals surface area contributed by atoms with Crippen LogP contribution in [0.5, 0.6) is 0 Å². The lowest BCUT2D eigenvalue weighted by Gasteiger charge is -2.09. The first-order chi connectivity index (χ1) is 13.9. The predicted molar refractivity (Wildman–Crippen MR) is 111 cm³/mol. The van der Waals surface area contributed by atoms with E-state index in [2.05, 4.69) is 10.4 Å². The molecule has 0 bridgehead atoms. The zero-order valence-electron chi connectivity index (χ0n) is 16.2. The smallest absolute Gasteiger partial charge is 0.291 e. The normalized spacial score (nSPS) is 11.4. The minimum Gasteiger partial charge on any atom is -0.460 e. The van der Waals surface area contributed by atoms with E-state index in [0.717, 1.165) is 16.8 Å². The Bertz CT molecular complexity index is 1270. The van der Waals surface area contributed by atoms with Gasteiger partial charge in [-0.25, -0.2) is 4.68 Å². The van der Waals surface area contributed by atoms with E-state index in [4.69, 9.17) is 16.0 Å². The highest BCUT2D eigenvalue weighted by Gasteiger charge is 2.15. The fourth-order valence-corrected chi connectivity index (χ4v) is 3.69. The van der Waals surface area contributed by atoms with Crippen molar-refractivity contribution in [2.24, 2.45) is 0 Å². The molecule has 0 radical (unpaired) electrons. The molecule has 1 N–H and O–H groups in total. The van der Waals surface area contributed by atoms with Crippen molar-refractivity contribution in [1.29, 1.82) is 0 Å². The Balaban J connectivity index is 1.42. The molecule has 0 aliphatic heterocycles. The molecule has 0 saturated heterocycles. The van der Waals surface area contributed by atoms with Gasteiger partial charge in [-0.05, 0) is 31.9 Å². The molecule has 0 aliphatic carbocycles. The van der Waals surface area contributed by atoms with Crippen LogP contribution >= 0.6 is 11.6 Å². The minimum atomic E-state index is -0.198. The van der Waals surface area contributed by atoms with Crippen molar-refractivity contribution in [3.05, 3.63) is 68.9 Å². The Labute approximate surface area is 171 Å². The molecule has 0 spiro atoms. The Hall–Kier alpha value is -3.06. The Morgan fingerprint density at radius 3 is 2.79 bits per heavy atom. The van der Waals surface area contributed by atoms with Crippen LogP contribution in [0.25, 0.3) is 16.6 Å². The van der Waals surface area contributed by atoms with Crippen LogP contribution in [0.3, 0.4) is 0 Å². The lowest BCUT2D eigenvalue weighted by Crippen LogP contribution is -2.27. The van der Waals surface area contributed by atoms with Gasteiger partial charge >= 0.3 is 0 Å². The number of benzene rings is 1. The summed E-state index contributed by atoms with van der Waals surface area (Å²) in [6, 6.07) is 11.0. The van der Waals surface area contributed by atoms with Gasteiger partial charge in [-0.3, -0.25) is 14.0 Å². The molecule has 8 heteroatoms. The van der Waals surface area contributed by atoms with E-state index in [1.54, 1.807) is 16.5 Å². The fourth-order valence-electron chi connectivity index (χ4n) is 3.48. The molecular formula is C21H21ClN4O3. The van der Waals surface area contributed by atoms with Crippen LogP contribution in [0, 0.1) is 13.8 Å². The molecule has 0 atom stereocenters. The molecule has 0 fully saturated rings. The van der Waals surface area contributed by atoms with Crippen molar-refractivity contribution in [1.82, 2.24) is 19.5 Å². The Morgan fingerprint density at radius 2 is 2.00 bits per heavy atom. The molecule has 1 aromatic carbocycles. The van der Waals surface area contributed by atoms with Gasteiger partial charge in [0.2, 0.25) is 5.91 Å². The molecule has 1 amide bonds. The third-order valence-electron chi connectivity index (χ3n) is 4.86. The second-order valence-corrected chi connectivity index (χ2v) is 7.43. The number of fused-ring (bicyclic) bond motifs is 3. The highest BCUT2D eigenvalue weighted by Crippen LogP contribution is 2.22. The topological polar surface area (TPSA) is 81.5 Å². The van der Waals surface area contributed by atoms with Crippen molar-refractivity contribution in [3.63, 3.8) is 0 Å². The number of rotatable bonds is 6. The average Bonchev–Trinajstić information content (AvgIpc) is 3.21. The predicted octanol–water partition coefficient (Wildman–Crippen LogP) is 3.61. The van der Waals surface area contributed by atoms with Gasteiger partial charge in [-0.2, -0.15) is 5.10 Å². The van der Waals surface area contributed by atoms with E-state index in [0.29, 0.717) is 47.9 Å². The van der Waals surface area contributed by atoms with E-state index in [-0.39, 0.29) is 11.5 Å². The SMILES string of the molecule is Cc1cc2c(cc3c(=O)n(CCCC(=O)NCc4ccccc4Cl)nc(C)n32)o1. The minimum absolute atomic E-state index is 0.0913. The average molecular weight is 413 g/mol. The number of carbonyl (C=O) groups excluding carboxylic acids is 1. The van der Waals surface area contributed by atoms with Crippen molar-refractivity contribution in [3.8, 4) is 0 Å². The first-order valence-electron chi connectivity index (χ1n) is 9.43. The van der Waals surface area contributed by atoms with Crippen molar-refractivity contribution in [2.75, 3.05) is 0 Å². The highest BCUT2D eigenvalue weighted by atomic mass is 35.5. The lowest BCUT2D eigenvalue weighted by molar-refractivity contribution is -0.121. The van der Waals surface area contributed by atoms with Gasteiger partial charge < -0.3 is 9.73 Å². The zero-order valence-corrected chi connectivity index (χ0v) is 17.0. The molecule has 7 nitrogen and oxygen atoms in total. The summed E-state index contributed by atoms with van der Waals surface area (Å²) in [7, 11) is 0. The summed E-state index contributed by atoms with van der Waals surface area (Å²) < 4.78 is 8.85. The quantitative estimate of drug-likeness (QED) is 0.524. The molecule has 0 unspecified atom stereocenters. The highest BCUT2D eigenvalue weighted by molar-refractivity contribution is 6.31. The number of aryl methyl sites for hydroxylation is 3. The number of nitrogens with zero attached hydrogens (tertiary/aromatic N) is 3. The Kier molecular flexibility index (Phi) is 5.15. The maximum atomic E-state index is 12.8. The van der Waals surface area contributed by atoms with E-state index < -0.39 is 0 Å². The molecule has 0 saturated carbocycles. The molecule has 4 aromatic rings. The molecule has 3 aromatic heterocycles. The van der Waals surface area contributed by atoms with Crippen LogP contribution in [0.1, 0.15) is 30.0 Å². The van der Waals surface area contributed by atoms with Gasteiger partial charge in [0.1, 0.15) is 17.1 Å². The number of nitrogens with one attached hydrogen (secondary N) is 1. The summed E-state index contributed by atoms with van der Waals surface area (Å²) >= 11 is 6.10. The van der Waals surface area contributed by atoms with Gasteiger partial charge in [0.05, 0.1) is 5.52 Å². The second-order valence-electron chi connectivity index (χ2n) is 7.02. The number of carbonyl (C=O) groups is 1. The molecule has 150 valence electrons. The van der Waals surface area contributed by atoms with E-state index >= 15 is 0 Å². The molecule has 3 heterocycles. The van der Waals surface area contributed by atoms with Gasteiger partial charge in [0, 0.05) is 36.7 Å². The monoisotopic (exact) mass is 412 g/mol. The van der Waals surface area contributed by atoms with Crippen LogP contribution in [0.15, 0.2) is 45.6 Å². The van der Waals surface area contributed by atoms with Crippen molar-refractivity contribution in [2.45, 2.75) is 39.8 Å². The van der Waals surface area contributed by atoms with Gasteiger partial charge in [0.25, 0.3) is 5.56 Å². The summed E-state index contributed by atoms with van der Waals surface area (Å²) in [5.41, 5.74) is 2.70. The first-order valence-corrected chi connectivity index (χ1v) is 9.81. The molecule has 4 rings (SSSR count). The molecule has 0 aliphatic rings. The number of amides is 1. The summed E-state index contributed by atoms with van der Waals surface area (Å²) in [5.74, 6) is 1.39. The molecular weight excluding hydrogens is 392 g/mol. The van der Waals surface area contributed by atoms with Crippen molar-refractivity contribution < 1.29 is 9.21 Å². The summed E-state index contributed by atoms with van der Waals surface area (Å²) in [4.78, 5) is 24.9. The number of hydrogen-bond acceptors (Lipinski definition) is 4. The maximum absolute atomic E-state index is 12.8. The molecule has 29 heavy (non-hydrogen) atoms.